The molecule has 12 heteroatoms. The highest BCUT2D eigenvalue weighted by atomic mass is 19.1. The number of halogens is 1. The summed E-state index contributed by atoms with van der Waals surface area (Å²) in [6.07, 6.45) is 6.66. The number of methoxy groups -OCH3 is 1. The van der Waals surface area contributed by atoms with Crippen LogP contribution in [0.15, 0.2) is 60.8 Å². The van der Waals surface area contributed by atoms with Gasteiger partial charge < -0.3 is 35.2 Å². The van der Waals surface area contributed by atoms with E-state index in [1.807, 2.05) is 44.2 Å². The van der Waals surface area contributed by atoms with Gasteiger partial charge in [-0.1, -0.05) is 37.1 Å². The first-order valence-electron chi connectivity index (χ1n) is 18.0. The maximum absolute atomic E-state index is 15.4. The third kappa shape index (κ3) is 8.79. The van der Waals surface area contributed by atoms with E-state index < -0.39 is 5.91 Å². The quantitative estimate of drug-likeness (QED) is 0.141. The highest BCUT2D eigenvalue weighted by Crippen LogP contribution is 2.35. The van der Waals surface area contributed by atoms with Gasteiger partial charge in [0, 0.05) is 55.7 Å². The standard InChI is InChI=1S/C40H48FN7O4/c1-25-9-8-10-26(2)37(25)45-38(50)31-23-42-40(44-30-15-16-33(32(41)22-30)48-20-19-47(4)27(3)24-48)46-39(31)52-34-17-13-28(21-35(34)51-5)14-18-36(49)43-29-11-6-7-12-29/h8-10,13,15-17,21-23,27,29H,6-7,11-12,14,18-20,24H2,1-5H3,(H,43,49)(H,45,50)(H,42,44,46). The predicted octanol–water partition coefficient (Wildman–Crippen LogP) is 7.16. The third-order valence-corrected chi connectivity index (χ3v) is 10.0. The van der Waals surface area contributed by atoms with Crippen molar-refractivity contribution < 1.29 is 23.5 Å². The minimum Gasteiger partial charge on any atom is -0.493 e. The number of hydrogen-bond donors (Lipinski definition) is 3. The summed E-state index contributed by atoms with van der Waals surface area (Å²) in [6.45, 7) is 8.29. The van der Waals surface area contributed by atoms with Gasteiger partial charge in [0.05, 0.1) is 12.8 Å². The maximum atomic E-state index is 15.4. The molecule has 0 spiro atoms. The lowest BCUT2D eigenvalue weighted by Gasteiger charge is -2.39. The Morgan fingerprint density at radius 3 is 2.48 bits per heavy atom. The molecule has 6 rings (SSSR count). The summed E-state index contributed by atoms with van der Waals surface area (Å²) in [6, 6.07) is 16.7. The summed E-state index contributed by atoms with van der Waals surface area (Å²) in [5, 5.41) is 9.19. The number of aromatic nitrogens is 2. The van der Waals surface area contributed by atoms with Crippen LogP contribution in [0.3, 0.4) is 0 Å². The number of nitrogens with zero attached hydrogens (tertiary/aromatic N) is 4. The van der Waals surface area contributed by atoms with Gasteiger partial charge in [0.15, 0.2) is 11.5 Å². The number of rotatable bonds is 12. The number of aryl methyl sites for hydroxylation is 3. The van der Waals surface area contributed by atoms with E-state index in [9.17, 15) is 9.59 Å². The normalized spacial score (nSPS) is 16.4. The first-order chi connectivity index (χ1) is 25.1. The minimum atomic E-state index is -0.459. The van der Waals surface area contributed by atoms with Crippen molar-refractivity contribution in [2.45, 2.75) is 71.4 Å². The van der Waals surface area contributed by atoms with Crippen LogP contribution in [-0.4, -0.2) is 72.6 Å². The van der Waals surface area contributed by atoms with Crippen LogP contribution in [0, 0.1) is 19.7 Å². The molecule has 11 nitrogen and oxygen atoms in total. The molecule has 1 aromatic heterocycles. The zero-order chi connectivity index (χ0) is 36.8. The predicted molar refractivity (Wildman–Crippen MR) is 202 cm³/mol. The number of para-hydroxylation sites is 1. The molecule has 3 aromatic carbocycles. The zero-order valence-electron chi connectivity index (χ0n) is 30.6. The Labute approximate surface area is 304 Å². The van der Waals surface area contributed by atoms with Crippen molar-refractivity contribution >= 4 is 34.8 Å². The Morgan fingerprint density at radius 1 is 1.00 bits per heavy atom. The SMILES string of the molecule is COc1cc(CCC(=O)NC2CCCC2)ccc1Oc1nc(Nc2ccc(N3CCN(C)C(C)C3)c(F)c2)ncc1C(=O)Nc1c(C)cccc1C. The first-order valence-corrected chi connectivity index (χ1v) is 18.0. The number of piperazine rings is 1. The van der Waals surface area contributed by atoms with Crippen molar-refractivity contribution in [3.05, 3.63) is 88.9 Å². The molecule has 1 saturated carbocycles. The van der Waals surface area contributed by atoms with Gasteiger partial charge in [-0.15, -0.1) is 0 Å². The molecule has 2 aliphatic rings. The first kappa shape index (κ1) is 36.6. The second-order valence-electron chi connectivity index (χ2n) is 13.8. The van der Waals surface area contributed by atoms with E-state index in [2.05, 4.69) is 49.7 Å². The van der Waals surface area contributed by atoms with E-state index in [4.69, 9.17) is 9.47 Å². The minimum absolute atomic E-state index is 0.0215. The van der Waals surface area contributed by atoms with E-state index in [-0.39, 0.29) is 35.2 Å². The maximum Gasteiger partial charge on any atom is 0.262 e. The van der Waals surface area contributed by atoms with Crippen LogP contribution in [0.4, 0.5) is 27.4 Å². The molecule has 1 atom stereocenters. The molecule has 274 valence electrons. The number of ether oxygens (including phenoxy) is 2. The number of anilines is 4. The fourth-order valence-electron chi connectivity index (χ4n) is 6.77. The fourth-order valence-corrected chi connectivity index (χ4v) is 6.77. The Hall–Kier alpha value is -5.23. The number of amides is 2. The Kier molecular flexibility index (Phi) is 11.5. The lowest BCUT2D eigenvalue weighted by Crippen LogP contribution is -2.50. The topological polar surface area (TPSA) is 121 Å². The lowest BCUT2D eigenvalue weighted by atomic mass is 10.1. The van der Waals surface area contributed by atoms with E-state index in [0.29, 0.717) is 47.4 Å². The van der Waals surface area contributed by atoms with Crippen molar-refractivity contribution in [3.63, 3.8) is 0 Å². The molecule has 1 aliphatic carbocycles. The number of benzene rings is 3. The second kappa shape index (κ2) is 16.4. The average Bonchev–Trinajstić information content (AvgIpc) is 3.64. The van der Waals surface area contributed by atoms with Crippen LogP contribution in [0.25, 0.3) is 0 Å². The van der Waals surface area contributed by atoms with Gasteiger partial charge in [-0.2, -0.15) is 4.98 Å². The van der Waals surface area contributed by atoms with Crippen LogP contribution < -0.4 is 30.3 Å². The van der Waals surface area contributed by atoms with Crippen LogP contribution in [0.1, 0.15) is 66.1 Å². The van der Waals surface area contributed by atoms with Crippen molar-refractivity contribution in [2.24, 2.45) is 0 Å². The summed E-state index contributed by atoms with van der Waals surface area (Å²) in [5.41, 5.74) is 4.47. The molecule has 0 bridgehead atoms. The Morgan fingerprint density at radius 2 is 1.77 bits per heavy atom. The van der Waals surface area contributed by atoms with Crippen LogP contribution in [0.2, 0.25) is 0 Å². The molecule has 2 fully saturated rings. The molecular weight excluding hydrogens is 661 g/mol. The average molecular weight is 710 g/mol. The molecule has 2 heterocycles. The summed E-state index contributed by atoms with van der Waals surface area (Å²) in [5.74, 6) is 0.0520. The van der Waals surface area contributed by atoms with Gasteiger partial charge >= 0.3 is 0 Å². The van der Waals surface area contributed by atoms with Crippen LogP contribution in [0.5, 0.6) is 17.4 Å². The Balaban J connectivity index is 1.24. The van der Waals surface area contributed by atoms with E-state index in [0.717, 1.165) is 62.0 Å². The van der Waals surface area contributed by atoms with E-state index in [1.165, 1.54) is 19.4 Å². The molecule has 1 unspecified atom stereocenters. The molecule has 2 amide bonds. The van der Waals surface area contributed by atoms with Gasteiger partial charge in [-0.25, -0.2) is 9.37 Å². The molecular formula is C40H48FN7O4. The van der Waals surface area contributed by atoms with Gasteiger partial charge in [0.2, 0.25) is 17.7 Å². The summed E-state index contributed by atoms with van der Waals surface area (Å²) >= 11 is 0. The van der Waals surface area contributed by atoms with E-state index in [1.54, 1.807) is 18.2 Å². The number of carbonyl (C=O) groups is 2. The lowest BCUT2D eigenvalue weighted by molar-refractivity contribution is -0.121. The molecule has 1 saturated heterocycles. The molecule has 0 radical (unpaired) electrons. The summed E-state index contributed by atoms with van der Waals surface area (Å²) in [4.78, 5) is 39.6. The smallest absolute Gasteiger partial charge is 0.262 e. The van der Waals surface area contributed by atoms with Gasteiger partial charge in [0.25, 0.3) is 5.91 Å². The van der Waals surface area contributed by atoms with Gasteiger partial charge in [-0.3, -0.25) is 9.59 Å². The molecule has 3 N–H and O–H groups in total. The van der Waals surface area contributed by atoms with Crippen molar-refractivity contribution in [1.82, 2.24) is 20.2 Å². The molecule has 4 aromatic rings. The number of nitrogens with one attached hydrogen (secondary N) is 3. The summed E-state index contributed by atoms with van der Waals surface area (Å²) < 4.78 is 27.4. The van der Waals surface area contributed by atoms with E-state index >= 15 is 4.39 Å². The highest BCUT2D eigenvalue weighted by Gasteiger charge is 2.24. The van der Waals surface area contributed by atoms with Gasteiger partial charge in [0.1, 0.15) is 11.4 Å². The van der Waals surface area contributed by atoms with Crippen molar-refractivity contribution in [2.75, 3.05) is 49.3 Å². The highest BCUT2D eigenvalue weighted by molar-refractivity contribution is 6.06. The monoisotopic (exact) mass is 709 g/mol. The van der Waals surface area contributed by atoms with Crippen molar-refractivity contribution in [1.29, 1.82) is 0 Å². The summed E-state index contributed by atoms with van der Waals surface area (Å²) in [7, 11) is 3.61. The fraction of sp³-hybridized carbons (Fsp3) is 0.400. The molecule has 1 aliphatic heterocycles. The van der Waals surface area contributed by atoms with Crippen molar-refractivity contribution in [3.8, 4) is 17.4 Å². The van der Waals surface area contributed by atoms with Gasteiger partial charge in [-0.05, 0) is 94.1 Å². The largest absolute Gasteiger partial charge is 0.493 e. The second-order valence-corrected chi connectivity index (χ2v) is 13.8. The molecule has 52 heavy (non-hydrogen) atoms. The number of hydrogen-bond acceptors (Lipinski definition) is 9. The number of carbonyl (C=O) groups excluding carboxylic acids is 2. The van der Waals surface area contributed by atoms with Crippen LogP contribution in [-0.2, 0) is 11.2 Å². The third-order valence-electron chi connectivity index (χ3n) is 10.0. The van der Waals surface area contributed by atoms with Crippen LogP contribution >= 0.6 is 0 Å². The Bertz CT molecular complexity index is 1900. The zero-order valence-corrected chi connectivity index (χ0v) is 30.6. The number of likely N-dealkylation sites (N-methyl/N-ethyl adjacent to an activating group) is 1.